The van der Waals surface area contributed by atoms with Gasteiger partial charge in [-0.25, -0.2) is 4.79 Å². The molecule has 28 heavy (non-hydrogen) atoms. The van der Waals surface area contributed by atoms with Gasteiger partial charge in [-0.15, -0.1) is 0 Å². The van der Waals surface area contributed by atoms with Crippen molar-refractivity contribution in [3.63, 3.8) is 0 Å². The fourth-order valence-electron chi connectivity index (χ4n) is 2.53. The molecule has 1 N–H and O–H groups in total. The van der Waals surface area contributed by atoms with Crippen LogP contribution in [0.25, 0.3) is 0 Å². The summed E-state index contributed by atoms with van der Waals surface area (Å²) >= 11 is 12.3. The van der Waals surface area contributed by atoms with Gasteiger partial charge in [-0.05, 0) is 60.5 Å². The Balaban J connectivity index is 1.79. The molecule has 6 heteroatoms. The summed E-state index contributed by atoms with van der Waals surface area (Å²) in [6.07, 6.45) is 1.69. The van der Waals surface area contributed by atoms with Crippen molar-refractivity contribution in [2.24, 2.45) is 4.99 Å². The zero-order valence-electron chi connectivity index (χ0n) is 15.0. The van der Waals surface area contributed by atoms with Gasteiger partial charge >= 0.3 is 5.97 Å². The summed E-state index contributed by atoms with van der Waals surface area (Å²) in [6.45, 7) is 2.20. The SMILES string of the molecule is Cc1c(Cl)cccc1N=Cc1cc(Cl)ccc1OCc1ccc(C(=O)O)cc1. The molecule has 142 valence electrons. The Morgan fingerprint density at radius 3 is 2.57 bits per heavy atom. The van der Waals surface area contributed by atoms with Crippen molar-refractivity contribution >= 4 is 41.1 Å². The van der Waals surface area contributed by atoms with Gasteiger partial charge in [0.05, 0.1) is 11.3 Å². The third-order valence-corrected chi connectivity index (χ3v) is 4.79. The van der Waals surface area contributed by atoms with Crippen molar-refractivity contribution in [2.75, 3.05) is 0 Å². The van der Waals surface area contributed by atoms with Crippen LogP contribution < -0.4 is 4.74 Å². The third-order valence-electron chi connectivity index (χ3n) is 4.15. The smallest absolute Gasteiger partial charge is 0.335 e. The van der Waals surface area contributed by atoms with Gasteiger partial charge in [-0.3, -0.25) is 4.99 Å². The predicted octanol–water partition coefficient (Wildman–Crippen LogP) is 6.33. The van der Waals surface area contributed by atoms with Crippen LogP contribution in [0.4, 0.5) is 5.69 Å². The number of carboxylic acid groups (broad SMARTS) is 1. The second kappa shape index (κ2) is 8.91. The van der Waals surface area contributed by atoms with Crippen molar-refractivity contribution in [1.29, 1.82) is 0 Å². The third kappa shape index (κ3) is 4.91. The molecular weight excluding hydrogens is 397 g/mol. The Hall–Kier alpha value is -2.82. The standard InChI is InChI=1S/C22H17Cl2NO3/c1-14-19(24)3-2-4-20(14)25-12-17-11-18(23)9-10-21(17)28-13-15-5-7-16(8-6-15)22(26)27/h2-12H,13H2,1H3,(H,26,27). The van der Waals surface area contributed by atoms with Crippen LogP contribution in [-0.4, -0.2) is 17.3 Å². The molecule has 0 aliphatic carbocycles. The quantitative estimate of drug-likeness (QED) is 0.480. The van der Waals surface area contributed by atoms with E-state index in [0.717, 1.165) is 22.4 Å². The van der Waals surface area contributed by atoms with Crippen LogP contribution in [0.15, 0.2) is 65.7 Å². The van der Waals surface area contributed by atoms with Gasteiger partial charge < -0.3 is 9.84 Å². The van der Waals surface area contributed by atoms with E-state index in [0.29, 0.717) is 22.4 Å². The molecule has 3 aromatic carbocycles. The lowest BCUT2D eigenvalue weighted by molar-refractivity contribution is 0.0697. The number of rotatable bonds is 6. The summed E-state index contributed by atoms with van der Waals surface area (Å²) in [5, 5.41) is 10.2. The molecule has 0 fully saturated rings. The Morgan fingerprint density at radius 1 is 1.11 bits per heavy atom. The summed E-state index contributed by atoms with van der Waals surface area (Å²) in [7, 11) is 0. The lowest BCUT2D eigenvalue weighted by Crippen LogP contribution is -2.00. The monoisotopic (exact) mass is 413 g/mol. The van der Waals surface area contributed by atoms with Gasteiger partial charge in [0.25, 0.3) is 0 Å². The van der Waals surface area contributed by atoms with Gasteiger partial charge in [-0.1, -0.05) is 41.4 Å². The zero-order valence-corrected chi connectivity index (χ0v) is 16.5. The van der Waals surface area contributed by atoms with Crippen molar-refractivity contribution in [3.05, 3.63) is 93.0 Å². The number of hydrogen-bond acceptors (Lipinski definition) is 3. The normalized spacial score (nSPS) is 11.0. The first-order valence-corrected chi connectivity index (χ1v) is 9.23. The van der Waals surface area contributed by atoms with E-state index in [2.05, 4.69) is 4.99 Å². The Kier molecular flexibility index (Phi) is 6.34. The highest BCUT2D eigenvalue weighted by Gasteiger charge is 2.06. The van der Waals surface area contributed by atoms with Crippen LogP contribution in [0.5, 0.6) is 5.75 Å². The molecule has 0 radical (unpaired) electrons. The molecule has 0 spiro atoms. The van der Waals surface area contributed by atoms with Crippen molar-refractivity contribution in [3.8, 4) is 5.75 Å². The summed E-state index contributed by atoms with van der Waals surface area (Å²) < 4.78 is 5.90. The van der Waals surface area contributed by atoms with Gasteiger partial charge in [0, 0.05) is 21.8 Å². The predicted molar refractivity (Wildman–Crippen MR) is 113 cm³/mol. The molecule has 3 aromatic rings. The number of ether oxygens (including phenoxy) is 1. The van der Waals surface area contributed by atoms with Crippen LogP contribution in [0.3, 0.4) is 0 Å². The van der Waals surface area contributed by atoms with Gasteiger partial charge in [0.15, 0.2) is 0 Å². The van der Waals surface area contributed by atoms with E-state index in [1.807, 2.05) is 25.1 Å². The Morgan fingerprint density at radius 2 is 1.86 bits per heavy atom. The van der Waals surface area contributed by atoms with Crippen LogP contribution in [0.1, 0.15) is 27.0 Å². The first kappa shape index (κ1) is 19.9. The maximum atomic E-state index is 10.9. The van der Waals surface area contributed by atoms with Crippen LogP contribution >= 0.6 is 23.2 Å². The lowest BCUT2D eigenvalue weighted by atomic mass is 10.1. The molecule has 4 nitrogen and oxygen atoms in total. The fraction of sp³-hybridized carbons (Fsp3) is 0.0909. The van der Waals surface area contributed by atoms with E-state index >= 15 is 0 Å². The Labute approximate surface area is 173 Å². The van der Waals surface area contributed by atoms with Gasteiger partial charge in [0.2, 0.25) is 0 Å². The maximum absolute atomic E-state index is 10.9. The second-order valence-electron chi connectivity index (χ2n) is 6.12. The average Bonchev–Trinajstić information content (AvgIpc) is 2.68. The highest BCUT2D eigenvalue weighted by atomic mass is 35.5. The van der Waals surface area contributed by atoms with Gasteiger partial charge in [0.1, 0.15) is 12.4 Å². The fourth-order valence-corrected chi connectivity index (χ4v) is 2.88. The number of carboxylic acids is 1. The Bertz CT molecular complexity index is 1030. The van der Waals surface area contributed by atoms with Crippen molar-refractivity contribution in [2.45, 2.75) is 13.5 Å². The molecule has 0 atom stereocenters. The minimum Gasteiger partial charge on any atom is -0.488 e. The second-order valence-corrected chi connectivity index (χ2v) is 6.96. The molecule has 0 aliphatic rings. The maximum Gasteiger partial charge on any atom is 0.335 e. The molecule has 0 unspecified atom stereocenters. The number of carbonyl (C=O) groups is 1. The van der Waals surface area contributed by atoms with Crippen molar-refractivity contribution in [1.82, 2.24) is 0 Å². The van der Waals surface area contributed by atoms with E-state index in [9.17, 15) is 4.79 Å². The molecule has 0 saturated heterocycles. The summed E-state index contributed by atoms with van der Waals surface area (Å²) in [4.78, 5) is 15.4. The highest BCUT2D eigenvalue weighted by molar-refractivity contribution is 6.31. The molecule has 0 heterocycles. The first-order valence-electron chi connectivity index (χ1n) is 8.48. The average molecular weight is 414 g/mol. The van der Waals surface area contributed by atoms with E-state index < -0.39 is 5.97 Å². The largest absolute Gasteiger partial charge is 0.488 e. The van der Waals surface area contributed by atoms with Crippen LogP contribution in [0.2, 0.25) is 10.0 Å². The van der Waals surface area contributed by atoms with Gasteiger partial charge in [-0.2, -0.15) is 0 Å². The number of nitrogens with zero attached hydrogens (tertiary/aromatic N) is 1. The molecule has 0 aromatic heterocycles. The molecule has 0 bridgehead atoms. The molecule has 0 aliphatic heterocycles. The molecule has 3 rings (SSSR count). The summed E-state index contributed by atoms with van der Waals surface area (Å²) in [5.74, 6) is -0.338. The van der Waals surface area contributed by atoms with E-state index in [1.54, 1.807) is 48.7 Å². The number of benzene rings is 3. The topological polar surface area (TPSA) is 58.9 Å². The minimum atomic E-state index is -0.958. The number of hydrogen-bond donors (Lipinski definition) is 1. The number of aliphatic imine (C=N–C) groups is 1. The number of aromatic carboxylic acids is 1. The minimum absolute atomic E-state index is 0.236. The molecular formula is C22H17Cl2NO3. The van der Waals surface area contributed by atoms with E-state index in [1.165, 1.54) is 0 Å². The van der Waals surface area contributed by atoms with E-state index in [4.69, 9.17) is 33.0 Å². The van der Waals surface area contributed by atoms with E-state index in [-0.39, 0.29) is 5.56 Å². The summed E-state index contributed by atoms with van der Waals surface area (Å²) in [5.41, 5.74) is 3.48. The summed E-state index contributed by atoms with van der Waals surface area (Å²) in [6, 6.07) is 17.4. The first-order chi connectivity index (χ1) is 13.4. The number of halogens is 2. The highest BCUT2D eigenvalue weighted by Crippen LogP contribution is 2.27. The van der Waals surface area contributed by atoms with Crippen molar-refractivity contribution < 1.29 is 14.6 Å². The molecule has 0 amide bonds. The van der Waals surface area contributed by atoms with Crippen LogP contribution in [0, 0.1) is 6.92 Å². The zero-order chi connectivity index (χ0) is 20.1. The molecule has 0 saturated carbocycles. The lowest BCUT2D eigenvalue weighted by Gasteiger charge is -2.10. The van der Waals surface area contributed by atoms with Crippen LogP contribution in [-0.2, 0) is 6.61 Å².